The number of ether oxygens (including phenoxy) is 1. The van der Waals surface area contributed by atoms with Crippen molar-refractivity contribution >= 4 is 33.7 Å². The first-order valence-electron chi connectivity index (χ1n) is 10.3. The van der Waals surface area contributed by atoms with Gasteiger partial charge >= 0.3 is 17.8 Å². The molecule has 0 amide bonds. The number of hydrogen-bond acceptors (Lipinski definition) is 6. The van der Waals surface area contributed by atoms with Crippen LogP contribution in [0.4, 0.5) is 13.2 Å². The fourth-order valence-electron chi connectivity index (χ4n) is 3.47. The highest BCUT2D eigenvalue weighted by Gasteiger charge is 2.38. The van der Waals surface area contributed by atoms with Crippen molar-refractivity contribution in [3.8, 4) is 0 Å². The van der Waals surface area contributed by atoms with Gasteiger partial charge in [-0.3, -0.25) is 23.7 Å². The summed E-state index contributed by atoms with van der Waals surface area (Å²) < 4.78 is 46.0. The summed E-state index contributed by atoms with van der Waals surface area (Å²) in [5.41, 5.74) is -1.35. The zero-order valence-electron chi connectivity index (χ0n) is 18.6. The molecule has 176 valence electrons. The van der Waals surface area contributed by atoms with Gasteiger partial charge in [-0.25, -0.2) is 4.79 Å². The molecule has 0 radical (unpaired) electrons. The van der Waals surface area contributed by atoms with Gasteiger partial charge in [0.05, 0.1) is 16.7 Å². The summed E-state index contributed by atoms with van der Waals surface area (Å²) in [6.45, 7) is 7.93. The van der Waals surface area contributed by atoms with Gasteiger partial charge in [0.1, 0.15) is 17.0 Å². The molecule has 11 heteroatoms. The summed E-state index contributed by atoms with van der Waals surface area (Å²) in [5, 5.41) is 0.217. The quantitative estimate of drug-likeness (QED) is 0.472. The maximum absolute atomic E-state index is 13.1. The molecule has 7 nitrogen and oxygen atoms in total. The topological polar surface area (TPSA) is 82.7 Å². The second-order valence-corrected chi connectivity index (χ2v) is 10.1. The Balaban J connectivity index is 2.04. The van der Waals surface area contributed by atoms with E-state index in [1.165, 1.54) is 6.21 Å². The third-order valence-corrected chi connectivity index (χ3v) is 6.40. The Morgan fingerprint density at radius 1 is 1.28 bits per heavy atom. The van der Waals surface area contributed by atoms with Crippen LogP contribution in [0.3, 0.4) is 0 Å². The molecule has 2 aromatic heterocycles. The van der Waals surface area contributed by atoms with Crippen LogP contribution in [0.2, 0.25) is 0 Å². The lowest BCUT2D eigenvalue weighted by molar-refractivity contribution is -0.152. The van der Waals surface area contributed by atoms with E-state index in [0.717, 1.165) is 20.5 Å². The van der Waals surface area contributed by atoms with Crippen LogP contribution in [0.25, 0.3) is 10.2 Å². The summed E-state index contributed by atoms with van der Waals surface area (Å²) >= 11 is 1.02. The highest BCUT2D eigenvalue weighted by molar-refractivity contribution is 7.20. The molecule has 0 N–H and O–H groups in total. The number of aryl methyl sites for hydroxylation is 2. The van der Waals surface area contributed by atoms with Crippen molar-refractivity contribution in [3.05, 3.63) is 31.3 Å². The Hall–Kier alpha value is -2.43. The fourth-order valence-corrected chi connectivity index (χ4v) is 4.68. The lowest BCUT2D eigenvalue weighted by Crippen LogP contribution is -2.40. The lowest BCUT2D eigenvalue weighted by Gasteiger charge is -2.18. The standard InChI is InChI=1S/C21H26F3N3O4S/c1-11-8-13(11)27-17(29)16-12(2)14(9-25-10-15(28)31-20(3,4)5)32-18(16)26(19(27)30)7-6-21(22,23)24/h9,11,13H,6-8,10H2,1-5H3/t11-,13-/m0/s1. The zero-order valence-corrected chi connectivity index (χ0v) is 19.4. The number of aliphatic imine (C=N–C) groups is 1. The Morgan fingerprint density at radius 3 is 2.44 bits per heavy atom. The monoisotopic (exact) mass is 473 g/mol. The number of carbonyl (C=O) groups is 1. The van der Waals surface area contributed by atoms with Crippen LogP contribution in [0.1, 0.15) is 57.0 Å². The molecule has 1 aliphatic carbocycles. The van der Waals surface area contributed by atoms with Gasteiger partial charge in [0.15, 0.2) is 0 Å². The van der Waals surface area contributed by atoms with Crippen molar-refractivity contribution in [1.82, 2.24) is 9.13 Å². The minimum Gasteiger partial charge on any atom is -0.459 e. The van der Waals surface area contributed by atoms with Crippen LogP contribution in [-0.2, 0) is 16.1 Å². The largest absolute Gasteiger partial charge is 0.459 e. The van der Waals surface area contributed by atoms with Gasteiger partial charge in [-0.15, -0.1) is 11.3 Å². The van der Waals surface area contributed by atoms with Crippen molar-refractivity contribution in [1.29, 1.82) is 0 Å². The van der Waals surface area contributed by atoms with Crippen LogP contribution in [0.15, 0.2) is 14.6 Å². The summed E-state index contributed by atoms with van der Waals surface area (Å²) in [7, 11) is 0. The minimum absolute atomic E-state index is 0.114. The van der Waals surface area contributed by atoms with Crippen molar-refractivity contribution in [2.75, 3.05) is 6.54 Å². The van der Waals surface area contributed by atoms with Crippen LogP contribution in [-0.4, -0.2) is 39.6 Å². The molecular formula is C21H26F3N3O4S. The third kappa shape index (κ3) is 5.31. The molecule has 0 spiro atoms. The van der Waals surface area contributed by atoms with Crippen molar-refractivity contribution < 1.29 is 22.7 Å². The Bertz CT molecular complexity index is 1180. The smallest absolute Gasteiger partial charge is 0.390 e. The molecule has 2 heterocycles. The van der Waals surface area contributed by atoms with Gasteiger partial charge in [0.25, 0.3) is 5.56 Å². The first-order chi connectivity index (χ1) is 14.7. The summed E-state index contributed by atoms with van der Waals surface area (Å²) in [6, 6.07) is -0.305. The molecule has 0 aromatic carbocycles. The van der Waals surface area contributed by atoms with Gasteiger partial charge < -0.3 is 4.74 Å². The molecule has 0 saturated heterocycles. The van der Waals surface area contributed by atoms with E-state index >= 15 is 0 Å². The second-order valence-electron chi connectivity index (χ2n) is 9.08. The molecule has 32 heavy (non-hydrogen) atoms. The van der Waals surface area contributed by atoms with E-state index in [1.807, 2.05) is 6.92 Å². The van der Waals surface area contributed by atoms with Crippen LogP contribution >= 0.6 is 11.3 Å². The number of rotatable bonds is 6. The highest BCUT2D eigenvalue weighted by atomic mass is 32.1. The number of aromatic nitrogens is 2. The normalized spacial score (nSPS) is 19.1. The van der Waals surface area contributed by atoms with Gasteiger partial charge in [0.2, 0.25) is 0 Å². The molecule has 0 unspecified atom stereocenters. The van der Waals surface area contributed by atoms with Gasteiger partial charge in [-0.05, 0) is 45.6 Å². The van der Waals surface area contributed by atoms with E-state index in [-0.39, 0.29) is 28.7 Å². The predicted octanol–water partition coefficient (Wildman–Crippen LogP) is 3.83. The van der Waals surface area contributed by atoms with E-state index in [4.69, 9.17) is 4.74 Å². The van der Waals surface area contributed by atoms with Crippen LogP contribution in [0, 0.1) is 12.8 Å². The van der Waals surface area contributed by atoms with Crippen molar-refractivity contribution in [2.24, 2.45) is 10.9 Å². The minimum atomic E-state index is -4.44. The Labute approximate surface area is 186 Å². The molecule has 3 rings (SSSR count). The van der Waals surface area contributed by atoms with Gasteiger partial charge in [-0.2, -0.15) is 13.2 Å². The van der Waals surface area contributed by atoms with E-state index in [2.05, 4.69) is 4.99 Å². The molecule has 2 aromatic rings. The maximum Gasteiger partial charge on any atom is 0.390 e. The number of alkyl halides is 3. The van der Waals surface area contributed by atoms with E-state index in [9.17, 15) is 27.6 Å². The summed E-state index contributed by atoms with van der Waals surface area (Å²) in [6.07, 6.45) is -3.59. The van der Waals surface area contributed by atoms with Crippen molar-refractivity contribution in [2.45, 2.75) is 71.8 Å². The van der Waals surface area contributed by atoms with Crippen LogP contribution < -0.4 is 11.2 Å². The van der Waals surface area contributed by atoms with Crippen molar-refractivity contribution in [3.63, 3.8) is 0 Å². The molecule has 2 atom stereocenters. The number of hydrogen-bond donors (Lipinski definition) is 0. The maximum atomic E-state index is 13.1. The fraction of sp³-hybridized carbons (Fsp3) is 0.619. The number of nitrogens with zero attached hydrogens (tertiary/aromatic N) is 3. The zero-order chi connectivity index (χ0) is 24.0. The SMILES string of the molecule is Cc1c(C=NCC(=O)OC(C)(C)C)sc2c1c(=O)n([C@H]1C[C@@H]1C)c(=O)n2CCC(F)(F)F. The Morgan fingerprint density at radius 2 is 1.91 bits per heavy atom. The predicted molar refractivity (Wildman–Crippen MR) is 117 cm³/mol. The third-order valence-electron chi connectivity index (χ3n) is 5.15. The number of esters is 1. The van der Waals surface area contributed by atoms with Gasteiger partial charge in [0, 0.05) is 18.8 Å². The second kappa shape index (κ2) is 8.49. The number of halogens is 3. The first kappa shape index (κ1) is 24.2. The lowest BCUT2D eigenvalue weighted by atomic mass is 10.2. The summed E-state index contributed by atoms with van der Waals surface area (Å²) in [5.74, 6) is -0.414. The molecule has 0 bridgehead atoms. The molecular weight excluding hydrogens is 447 g/mol. The van der Waals surface area contributed by atoms with Crippen LogP contribution in [0.5, 0.6) is 0 Å². The first-order valence-corrected chi connectivity index (χ1v) is 11.1. The molecule has 1 saturated carbocycles. The molecule has 1 fully saturated rings. The van der Waals surface area contributed by atoms with E-state index < -0.39 is 42.0 Å². The number of carbonyl (C=O) groups excluding carboxylic acids is 1. The number of fused-ring (bicyclic) bond motifs is 1. The highest BCUT2D eigenvalue weighted by Crippen LogP contribution is 2.41. The molecule has 0 aliphatic heterocycles. The average Bonchev–Trinajstić information content (AvgIpc) is 3.23. The van der Waals surface area contributed by atoms with E-state index in [1.54, 1.807) is 27.7 Å². The van der Waals surface area contributed by atoms with E-state index in [0.29, 0.717) is 16.9 Å². The average molecular weight is 474 g/mol. The number of thiophene rings is 1. The van der Waals surface area contributed by atoms with Gasteiger partial charge in [-0.1, -0.05) is 6.92 Å². The molecule has 1 aliphatic rings. The Kier molecular flexibility index (Phi) is 6.43. The summed E-state index contributed by atoms with van der Waals surface area (Å²) in [4.78, 5) is 42.7.